The van der Waals surface area contributed by atoms with E-state index in [4.69, 9.17) is 5.73 Å². The number of hydrogen-bond acceptors (Lipinski definition) is 3. The molecule has 2 rings (SSSR count). The smallest absolute Gasteiger partial charge is 0.103 e. The summed E-state index contributed by atoms with van der Waals surface area (Å²) in [5, 5.41) is 8.28. The topological polar surface area (TPSA) is 61.7 Å². The summed E-state index contributed by atoms with van der Waals surface area (Å²) in [6.07, 6.45) is 5.41. The summed E-state index contributed by atoms with van der Waals surface area (Å²) in [5.41, 5.74) is 8.13. The molecule has 5 nitrogen and oxygen atoms in total. The van der Waals surface area contributed by atoms with Crippen LogP contribution in [0.5, 0.6) is 0 Å². The molecule has 0 atom stereocenters. The van der Waals surface area contributed by atoms with Gasteiger partial charge in [-0.15, -0.1) is 0 Å². The third-order valence-electron chi connectivity index (χ3n) is 1.89. The van der Waals surface area contributed by atoms with Gasteiger partial charge in [-0.25, -0.2) is 4.68 Å². The van der Waals surface area contributed by atoms with Gasteiger partial charge in [0.25, 0.3) is 0 Å². The lowest BCUT2D eigenvalue weighted by molar-refractivity contribution is 0.765. The van der Waals surface area contributed by atoms with Crippen LogP contribution in [0.25, 0.3) is 5.69 Å². The van der Waals surface area contributed by atoms with E-state index in [-0.39, 0.29) is 0 Å². The van der Waals surface area contributed by atoms with E-state index in [1.807, 2.05) is 20.2 Å². The Kier molecular flexibility index (Phi) is 1.58. The Bertz CT molecular complexity index is 406. The van der Waals surface area contributed by atoms with Crippen molar-refractivity contribution < 1.29 is 0 Å². The van der Waals surface area contributed by atoms with Crippen molar-refractivity contribution in [2.24, 2.45) is 7.05 Å². The molecule has 0 bridgehead atoms. The zero-order valence-corrected chi connectivity index (χ0v) is 7.60. The third-order valence-corrected chi connectivity index (χ3v) is 1.89. The maximum atomic E-state index is 5.67. The van der Waals surface area contributed by atoms with Gasteiger partial charge in [-0.2, -0.15) is 10.2 Å². The van der Waals surface area contributed by atoms with E-state index in [0.717, 1.165) is 11.4 Å². The second kappa shape index (κ2) is 2.62. The zero-order valence-electron chi connectivity index (χ0n) is 7.60. The molecule has 0 aliphatic carbocycles. The van der Waals surface area contributed by atoms with E-state index in [9.17, 15) is 0 Å². The average molecular weight is 177 g/mol. The fourth-order valence-corrected chi connectivity index (χ4v) is 1.13. The van der Waals surface area contributed by atoms with Crippen molar-refractivity contribution in [2.75, 3.05) is 5.73 Å². The Morgan fingerprint density at radius 3 is 2.62 bits per heavy atom. The minimum Gasteiger partial charge on any atom is -0.396 e. The molecular formula is C8H11N5. The number of hydrogen-bond donors (Lipinski definition) is 1. The Morgan fingerprint density at radius 1 is 1.38 bits per heavy atom. The number of nitrogen functional groups attached to an aromatic ring is 1. The average Bonchev–Trinajstić information content (AvgIpc) is 2.61. The number of rotatable bonds is 1. The number of aromatic nitrogens is 4. The van der Waals surface area contributed by atoms with Crippen molar-refractivity contribution in [2.45, 2.75) is 6.92 Å². The van der Waals surface area contributed by atoms with Gasteiger partial charge >= 0.3 is 0 Å². The summed E-state index contributed by atoms with van der Waals surface area (Å²) < 4.78 is 3.44. The van der Waals surface area contributed by atoms with Gasteiger partial charge in [0.1, 0.15) is 5.69 Å². The van der Waals surface area contributed by atoms with Crippen molar-refractivity contribution >= 4 is 5.69 Å². The first-order chi connectivity index (χ1) is 6.16. The molecule has 0 aliphatic heterocycles. The highest BCUT2D eigenvalue weighted by Gasteiger charge is 2.03. The number of aryl methyl sites for hydroxylation is 2. The molecule has 2 N–H and O–H groups in total. The largest absolute Gasteiger partial charge is 0.396 e. The van der Waals surface area contributed by atoms with Crippen molar-refractivity contribution in [1.29, 1.82) is 0 Å². The van der Waals surface area contributed by atoms with Gasteiger partial charge in [0.2, 0.25) is 0 Å². The highest BCUT2D eigenvalue weighted by molar-refractivity contribution is 5.42. The molecule has 0 unspecified atom stereocenters. The van der Waals surface area contributed by atoms with Gasteiger partial charge in [-0.3, -0.25) is 4.68 Å². The van der Waals surface area contributed by atoms with Gasteiger partial charge < -0.3 is 5.73 Å². The van der Waals surface area contributed by atoms with Crippen LogP contribution in [0.2, 0.25) is 0 Å². The van der Waals surface area contributed by atoms with Gasteiger partial charge in [-0.1, -0.05) is 0 Å². The Labute approximate surface area is 75.8 Å². The van der Waals surface area contributed by atoms with Crippen molar-refractivity contribution in [3.05, 3.63) is 24.3 Å². The van der Waals surface area contributed by atoms with Crippen LogP contribution in [0, 0.1) is 6.92 Å². The van der Waals surface area contributed by atoms with Crippen LogP contribution >= 0.6 is 0 Å². The maximum absolute atomic E-state index is 5.67. The lowest BCUT2D eigenvalue weighted by atomic mass is 10.4. The fourth-order valence-electron chi connectivity index (χ4n) is 1.13. The van der Waals surface area contributed by atoms with Crippen LogP contribution in [0.15, 0.2) is 18.6 Å². The third kappa shape index (κ3) is 1.28. The van der Waals surface area contributed by atoms with Crippen molar-refractivity contribution in [3.8, 4) is 5.69 Å². The second-order valence-corrected chi connectivity index (χ2v) is 2.99. The standard InChI is InChI=1S/C8H11N5/c1-6-8(9)5-13(11-6)7-3-10-12(2)4-7/h3-5H,9H2,1-2H3. The number of anilines is 1. The summed E-state index contributed by atoms with van der Waals surface area (Å²) in [7, 11) is 1.86. The first kappa shape index (κ1) is 7.85. The molecule has 5 heteroatoms. The molecule has 0 amide bonds. The summed E-state index contributed by atoms with van der Waals surface area (Å²) >= 11 is 0. The molecule has 0 spiro atoms. The van der Waals surface area contributed by atoms with E-state index >= 15 is 0 Å². The highest BCUT2D eigenvalue weighted by Crippen LogP contribution is 2.11. The van der Waals surface area contributed by atoms with Crippen LogP contribution in [0.4, 0.5) is 5.69 Å². The molecule has 0 aromatic carbocycles. The molecule has 0 radical (unpaired) electrons. The zero-order chi connectivity index (χ0) is 9.42. The Hall–Kier alpha value is -1.78. The lowest BCUT2D eigenvalue weighted by Gasteiger charge is -1.92. The maximum Gasteiger partial charge on any atom is 0.103 e. The molecule has 0 saturated heterocycles. The lowest BCUT2D eigenvalue weighted by Crippen LogP contribution is -1.92. The molecule has 2 aromatic rings. The predicted octanol–water partition coefficient (Wildman–Crippen LogP) is 0.496. The van der Waals surface area contributed by atoms with Gasteiger partial charge in [-0.05, 0) is 6.92 Å². The molecule has 2 heterocycles. The summed E-state index contributed by atoms with van der Waals surface area (Å²) in [6, 6.07) is 0. The van der Waals surface area contributed by atoms with Crippen LogP contribution in [-0.4, -0.2) is 19.6 Å². The molecule has 2 aromatic heterocycles. The first-order valence-corrected chi connectivity index (χ1v) is 3.97. The number of nitrogens with zero attached hydrogens (tertiary/aromatic N) is 4. The molecule has 0 fully saturated rings. The molecule has 68 valence electrons. The predicted molar refractivity (Wildman–Crippen MR) is 49.5 cm³/mol. The molecule has 13 heavy (non-hydrogen) atoms. The van der Waals surface area contributed by atoms with Gasteiger partial charge in [0, 0.05) is 7.05 Å². The second-order valence-electron chi connectivity index (χ2n) is 2.99. The monoisotopic (exact) mass is 177 g/mol. The Morgan fingerprint density at radius 2 is 2.15 bits per heavy atom. The Balaban J connectivity index is 2.46. The minimum atomic E-state index is 0.698. The van der Waals surface area contributed by atoms with E-state index in [1.54, 1.807) is 21.8 Å². The van der Waals surface area contributed by atoms with Gasteiger partial charge in [0.15, 0.2) is 0 Å². The molecular weight excluding hydrogens is 166 g/mol. The van der Waals surface area contributed by atoms with Crippen molar-refractivity contribution in [1.82, 2.24) is 19.6 Å². The summed E-state index contributed by atoms with van der Waals surface area (Å²) in [6.45, 7) is 1.88. The van der Waals surface area contributed by atoms with E-state index in [2.05, 4.69) is 10.2 Å². The van der Waals surface area contributed by atoms with Crippen LogP contribution in [0.3, 0.4) is 0 Å². The molecule has 0 aliphatic rings. The SMILES string of the molecule is Cc1nn(-c2cnn(C)c2)cc1N. The van der Waals surface area contributed by atoms with Crippen LogP contribution < -0.4 is 5.73 Å². The quantitative estimate of drug-likeness (QED) is 0.689. The highest BCUT2D eigenvalue weighted by atomic mass is 15.3. The fraction of sp³-hybridized carbons (Fsp3) is 0.250. The normalized spacial score (nSPS) is 10.6. The van der Waals surface area contributed by atoms with Gasteiger partial charge in [0.05, 0.1) is 30.0 Å². The van der Waals surface area contributed by atoms with Crippen LogP contribution in [0.1, 0.15) is 5.69 Å². The van der Waals surface area contributed by atoms with Crippen LogP contribution in [-0.2, 0) is 7.05 Å². The first-order valence-electron chi connectivity index (χ1n) is 3.97. The molecule has 0 saturated carbocycles. The van der Waals surface area contributed by atoms with E-state index in [1.165, 1.54) is 0 Å². The van der Waals surface area contributed by atoms with Crippen molar-refractivity contribution in [3.63, 3.8) is 0 Å². The number of nitrogens with two attached hydrogens (primary N) is 1. The summed E-state index contributed by atoms with van der Waals surface area (Å²) in [5.74, 6) is 0. The minimum absolute atomic E-state index is 0.698. The van der Waals surface area contributed by atoms with E-state index in [0.29, 0.717) is 5.69 Å². The van der Waals surface area contributed by atoms with E-state index < -0.39 is 0 Å². The summed E-state index contributed by atoms with van der Waals surface area (Å²) in [4.78, 5) is 0.